The molecule has 1 amide bonds. The molecule has 7 heteroatoms. The monoisotopic (exact) mass is 370 g/mol. The van der Waals surface area contributed by atoms with Crippen LogP contribution < -0.4 is 10.7 Å². The zero-order chi connectivity index (χ0) is 16.7. The summed E-state index contributed by atoms with van der Waals surface area (Å²) in [4.78, 5) is 15.1. The lowest BCUT2D eigenvalue weighted by Crippen LogP contribution is -2.58. The number of carbonyl (C=O) groups is 1. The summed E-state index contributed by atoms with van der Waals surface area (Å²) < 4.78 is 0. The molecule has 132 valence electrons. The second-order valence-electron chi connectivity index (χ2n) is 7.28. The third-order valence-electron chi connectivity index (χ3n) is 5.68. The maximum atomic E-state index is 12.7. The van der Waals surface area contributed by atoms with E-state index >= 15 is 0 Å². The van der Waals surface area contributed by atoms with Crippen molar-refractivity contribution >= 4 is 29.1 Å². The number of nitrogens with one attached hydrogen (secondary N) is 2. The molecule has 4 aliphatic heterocycles. The molecule has 0 aromatic heterocycles. The molecular weight excluding hydrogens is 347 g/mol. The van der Waals surface area contributed by atoms with Crippen LogP contribution >= 0.6 is 23.2 Å². The number of rotatable bonds is 3. The highest BCUT2D eigenvalue weighted by Gasteiger charge is 2.37. The summed E-state index contributed by atoms with van der Waals surface area (Å²) >= 11 is 12.5. The van der Waals surface area contributed by atoms with Crippen molar-refractivity contribution in [1.29, 1.82) is 0 Å². The first-order chi connectivity index (χ1) is 11.6. The van der Waals surface area contributed by atoms with E-state index in [1.165, 1.54) is 25.9 Å². The van der Waals surface area contributed by atoms with Gasteiger partial charge in [-0.05, 0) is 44.3 Å². The van der Waals surface area contributed by atoms with E-state index < -0.39 is 0 Å². The Hall–Kier alpha value is -0.750. The molecule has 2 unspecified atom stereocenters. The number of allylic oxidation sites excluding steroid dienone is 3. The van der Waals surface area contributed by atoms with Crippen molar-refractivity contribution in [3.05, 3.63) is 22.9 Å². The minimum atomic E-state index is -0.0541. The van der Waals surface area contributed by atoms with E-state index in [1.807, 2.05) is 17.2 Å². The van der Waals surface area contributed by atoms with Crippen LogP contribution in [0.4, 0.5) is 0 Å². The third kappa shape index (κ3) is 3.32. The summed E-state index contributed by atoms with van der Waals surface area (Å²) in [5.74, 6) is 0.754. The summed E-state index contributed by atoms with van der Waals surface area (Å²) in [6.07, 6.45) is 7.08. The van der Waals surface area contributed by atoms with Gasteiger partial charge in [-0.2, -0.15) is 0 Å². The summed E-state index contributed by atoms with van der Waals surface area (Å²) in [6.45, 7) is 4.66. The van der Waals surface area contributed by atoms with Crippen LogP contribution in [0.3, 0.4) is 0 Å². The summed E-state index contributed by atoms with van der Waals surface area (Å²) in [5.41, 5.74) is 4.18. The first kappa shape index (κ1) is 16.7. The van der Waals surface area contributed by atoms with E-state index in [2.05, 4.69) is 15.6 Å². The number of piperidine rings is 3. The van der Waals surface area contributed by atoms with E-state index in [4.69, 9.17) is 23.2 Å². The van der Waals surface area contributed by atoms with E-state index in [-0.39, 0.29) is 17.2 Å². The first-order valence-electron chi connectivity index (χ1n) is 8.86. The smallest absolute Gasteiger partial charge is 0.226 e. The molecule has 5 nitrogen and oxygen atoms in total. The highest BCUT2D eigenvalue weighted by atomic mass is 35.5. The van der Waals surface area contributed by atoms with E-state index in [1.54, 1.807) is 0 Å². The Morgan fingerprint density at radius 1 is 1.29 bits per heavy atom. The predicted molar refractivity (Wildman–Crippen MR) is 95.6 cm³/mol. The van der Waals surface area contributed by atoms with Crippen LogP contribution in [0, 0.1) is 11.8 Å². The third-order valence-corrected chi connectivity index (χ3v) is 6.33. The number of fused-ring (bicyclic) bond motifs is 3. The molecule has 3 atom stereocenters. The highest BCUT2D eigenvalue weighted by molar-refractivity contribution is 6.32. The van der Waals surface area contributed by atoms with Gasteiger partial charge in [0.2, 0.25) is 5.91 Å². The molecule has 24 heavy (non-hydrogen) atoms. The fraction of sp³-hybridized carbons (Fsp3) is 0.706. The number of hydrazine groups is 1. The quantitative estimate of drug-likeness (QED) is 0.741. The Kier molecular flexibility index (Phi) is 4.78. The van der Waals surface area contributed by atoms with Gasteiger partial charge in [-0.25, -0.2) is 5.43 Å². The van der Waals surface area contributed by atoms with Gasteiger partial charge in [0.05, 0.1) is 22.0 Å². The number of hydrogen-bond acceptors (Lipinski definition) is 4. The van der Waals surface area contributed by atoms with Gasteiger partial charge in [0.1, 0.15) is 0 Å². The Balaban J connectivity index is 1.35. The average Bonchev–Trinajstić information content (AvgIpc) is 3.08. The fourth-order valence-electron chi connectivity index (χ4n) is 4.22. The number of hydrogen-bond donors (Lipinski definition) is 2. The lowest BCUT2D eigenvalue weighted by atomic mass is 9.84. The molecule has 4 fully saturated rings. The largest absolute Gasteiger partial charge is 0.351 e. The van der Waals surface area contributed by atoms with Crippen LogP contribution in [0.5, 0.6) is 0 Å². The van der Waals surface area contributed by atoms with Gasteiger partial charge in [-0.3, -0.25) is 4.79 Å². The molecule has 5 rings (SSSR count). The Bertz CT molecular complexity index is 571. The van der Waals surface area contributed by atoms with Crippen LogP contribution in [-0.2, 0) is 4.79 Å². The molecule has 0 radical (unpaired) electrons. The highest BCUT2D eigenvalue weighted by Crippen LogP contribution is 2.30. The summed E-state index contributed by atoms with van der Waals surface area (Å²) in [5, 5.41) is 5.93. The standard InChI is InChI=1S/C17H24Cl2N4O/c18-13-1-2-14(19)16(7-13)23-9-12(8-20-23)17(24)21-15-10-22-5-3-11(15)4-6-22/h2,7,11-13,15,20H,1,3-6,8-10H2,(H,21,24)/t12?,13-,15?/m1/s1. The number of nitrogens with zero attached hydrogens (tertiary/aromatic N) is 2. The van der Waals surface area contributed by atoms with Crippen LogP contribution in [0.2, 0.25) is 0 Å². The molecule has 0 aromatic carbocycles. The molecule has 1 aliphatic carbocycles. The molecule has 0 aromatic rings. The minimum absolute atomic E-state index is 0.0379. The van der Waals surface area contributed by atoms with Gasteiger partial charge < -0.3 is 15.2 Å². The molecule has 4 heterocycles. The number of halogens is 2. The van der Waals surface area contributed by atoms with Gasteiger partial charge in [0, 0.05) is 25.7 Å². The second-order valence-corrected chi connectivity index (χ2v) is 8.25. The van der Waals surface area contributed by atoms with Crippen LogP contribution in [0.15, 0.2) is 22.9 Å². The van der Waals surface area contributed by atoms with Crippen molar-refractivity contribution in [1.82, 2.24) is 20.7 Å². The van der Waals surface area contributed by atoms with Crippen LogP contribution in [0.25, 0.3) is 0 Å². The maximum absolute atomic E-state index is 12.7. The Morgan fingerprint density at radius 3 is 2.79 bits per heavy atom. The van der Waals surface area contributed by atoms with Gasteiger partial charge >= 0.3 is 0 Å². The molecule has 0 spiro atoms. The van der Waals surface area contributed by atoms with E-state index in [9.17, 15) is 4.79 Å². The van der Waals surface area contributed by atoms with Crippen molar-refractivity contribution < 1.29 is 4.79 Å². The van der Waals surface area contributed by atoms with E-state index in [0.29, 0.717) is 30.1 Å². The van der Waals surface area contributed by atoms with Crippen molar-refractivity contribution in [2.75, 3.05) is 32.7 Å². The van der Waals surface area contributed by atoms with Crippen molar-refractivity contribution in [2.24, 2.45) is 11.8 Å². The summed E-state index contributed by atoms with van der Waals surface area (Å²) in [7, 11) is 0. The van der Waals surface area contributed by atoms with Gasteiger partial charge in [-0.1, -0.05) is 17.7 Å². The van der Waals surface area contributed by atoms with Gasteiger partial charge in [0.15, 0.2) is 0 Å². The predicted octanol–water partition coefficient (Wildman–Crippen LogP) is 1.65. The molecule has 4 saturated heterocycles. The lowest BCUT2D eigenvalue weighted by molar-refractivity contribution is -0.126. The van der Waals surface area contributed by atoms with Crippen molar-refractivity contribution in [2.45, 2.75) is 30.7 Å². The zero-order valence-electron chi connectivity index (χ0n) is 13.7. The lowest BCUT2D eigenvalue weighted by Gasteiger charge is -2.45. The normalized spacial score (nSPS) is 38.8. The average molecular weight is 371 g/mol. The fourth-order valence-corrected chi connectivity index (χ4v) is 4.68. The van der Waals surface area contributed by atoms with Gasteiger partial charge in [-0.15, -0.1) is 11.6 Å². The van der Waals surface area contributed by atoms with Crippen LogP contribution in [0.1, 0.15) is 19.3 Å². The molecule has 0 saturated carbocycles. The maximum Gasteiger partial charge on any atom is 0.226 e. The number of amides is 1. The second kappa shape index (κ2) is 6.87. The first-order valence-corrected chi connectivity index (χ1v) is 9.67. The molecule has 5 aliphatic rings. The summed E-state index contributed by atoms with van der Waals surface area (Å²) in [6, 6.07) is 0.318. The van der Waals surface area contributed by atoms with Crippen molar-refractivity contribution in [3.8, 4) is 0 Å². The Morgan fingerprint density at radius 2 is 2.08 bits per heavy atom. The molecule has 2 bridgehead atoms. The number of carbonyl (C=O) groups excluding carboxylic acids is 1. The van der Waals surface area contributed by atoms with Crippen LogP contribution in [-0.4, -0.2) is 60.0 Å². The topological polar surface area (TPSA) is 47.6 Å². The SMILES string of the molecule is O=C(NC1CN2CCC1CC2)C1CNN(C2=C[C@H](Cl)CC=C2Cl)C1. The number of alkyl halides is 1. The van der Waals surface area contributed by atoms with Gasteiger partial charge in [0.25, 0.3) is 0 Å². The van der Waals surface area contributed by atoms with Crippen molar-refractivity contribution in [3.63, 3.8) is 0 Å². The Labute approximate surface area is 153 Å². The molecule has 2 N–H and O–H groups in total. The van der Waals surface area contributed by atoms with E-state index in [0.717, 1.165) is 18.7 Å². The zero-order valence-corrected chi connectivity index (χ0v) is 15.2. The minimum Gasteiger partial charge on any atom is -0.351 e. The molecular formula is C17H24Cl2N4O.